The maximum atomic E-state index is 11.5. The van der Waals surface area contributed by atoms with Crippen LogP contribution in [0.4, 0.5) is 0 Å². The quantitative estimate of drug-likeness (QED) is 0.571. The summed E-state index contributed by atoms with van der Waals surface area (Å²) < 4.78 is 34.0. The third kappa shape index (κ3) is 4.36. The fourth-order valence-corrected chi connectivity index (χ4v) is 3.29. The van der Waals surface area contributed by atoms with Gasteiger partial charge in [0.2, 0.25) is 0 Å². The van der Waals surface area contributed by atoms with E-state index in [1.807, 2.05) is 20.8 Å². The van der Waals surface area contributed by atoms with Crippen molar-refractivity contribution in [1.29, 1.82) is 0 Å². The van der Waals surface area contributed by atoms with Crippen LogP contribution >= 0.6 is 10.7 Å². The second kappa shape index (κ2) is 7.29. The molecule has 114 valence electrons. The zero-order chi connectivity index (χ0) is 15.3. The van der Waals surface area contributed by atoms with Crippen molar-refractivity contribution < 1.29 is 17.9 Å². The molecule has 0 bridgehead atoms. The molecule has 4 nitrogen and oxygen atoms in total. The molecule has 0 unspecified atom stereocenters. The van der Waals surface area contributed by atoms with Crippen molar-refractivity contribution in [2.75, 3.05) is 19.8 Å². The van der Waals surface area contributed by atoms with Gasteiger partial charge < -0.3 is 9.47 Å². The lowest BCUT2D eigenvalue weighted by Gasteiger charge is -2.16. The minimum Gasteiger partial charge on any atom is -0.493 e. The SMILES string of the molecule is CCOCCCOc1c(C)cc(S(=O)(=O)Cl)c(C)c1C. The Kier molecular flexibility index (Phi) is 6.30. The summed E-state index contributed by atoms with van der Waals surface area (Å²) in [5, 5.41) is 0. The summed E-state index contributed by atoms with van der Waals surface area (Å²) in [6.45, 7) is 9.22. The molecule has 0 radical (unpaired) electrons. The van der Waals surface area contributed by atoms with E-state index >= 15 is 0 Å². The van der Waals surface area contributed by atoms with Crippen molar-refractivity contribution in [3.63, 3.8) is 0 Å². The lowest BCUT2D eigenvalue weighted by atomic mass is 10.1. The van der Waals surface area contributed by atoms with Crippen molar-refractivity contribution >= 4 is 19.7 Å². The predicted molar refractivity (Wildman–Crippen MR) is 80.3 cm³/mol. The van der Waals surface area contributed by atoms with Crippen LogP contribution in [0.3, 0.4) is 0 Å². The van der Waals surface area contributed by atoms with Gasteiger partial charge in [0.15, 0.2) is 0 Å². The topological polar surface area (TPSA) is 52.6 Å². The highest BCUT2D eigenvalue weighted by Crippen LogP contribution is 2.32. The fourth-order valence-electron chi connectivity index (χ4n) is 1.98. The fraction of sp³-hybridized carbons (Fsp3) is 0.571. The van der Waals surface area contributed by atoms with Crippen LogP contribution in [-0.2, 0) is 13.8 Å². The van der Waals surface area contributed by atoms with E-state index in [4.69, 9.17) is 20.2 Å². The molecular weight excluding hydrogens is 300 g/mol. The van der Waals surface area contributed by atoms with Gasteiger partial charge in [0.05, 0.1) is 11.5 Å². The minimum atomic E-state index is -3.73. The van der Waals surface area contributed by atoms with Gasteiger partial charge in [0, 0.05) is 30.3 Å². The van der Waals surface area contributed by atoms with Crippen LogP contribution in [0.5, 0.6) is 5.75 Å². The van der Waals surface area contributed by atoms with Crippen LogP contribution in [0.15, 0.2) is 11.0 Å². The van der Waals surface area contributed by atoms with Gasteiger partial charge in [-0.05, 0) is 50.5 Å². The van der Waals surface area contributed by atoms with Crippen molar-refractivity contribution in [1.82, 2.24) is 0 Å². The number of aryl methyl sites for hydroxylation is 1. The molecule has 0 aromatic heterocycles. The average Bonchev–Trinajstić information content (AvgIpc) is 2.35. The number of halogens is 1. The highest BCUT2D eigenvalue weighted by Gasteiger charge is 2.19. The van der Waals surface area contributed by atoms with Crippen LogP contribution in [0.25, 0.3) is 0 Å². The molecule has 1 aromatic carbocycles. The molecule has 0 spiro atoms. The first-order valence-electron chi connectivity index (χ1n) is 6.55. The molecule has 1 rings (SSSR count). The molecule has 0 N–H and O–H groups in total. The molecule has 20 heavy (non-hydrogen) atoms. The lowest BCUT2D eigenvalue weighted by Crippen LogP contribution is -2.07. The molecule has 0 aliphatic heterocycles. The lowest BCUT2D eigenvalue weighted by molar-refractivity contribution is 0.130. The molecule has 0 heterocycles. The molecule has 1 aromatic rings. The Bertz CT molecular complexity index is 567. The van der Waals surface area contributed by atoms with E-state index in [0.29, 0.717) is 25.4 Å². The Balaban J connectivity index is 2.92. The highest BCUT2D eigenvalue weighted by atomic mass is 35.7. The van der Waals surface area contributed by atoms with Gasteiger partial charge in [0.1, 0.15) is 5.75 Å². The Labute approximate surface area is 125 Å². The zero-order valence-electron chi connectivity index (χ0n) is 12.3. The molecule has 0 aliphatic rings. The molecular formula is C14H21ClO4S. The van der Waals surface area contributed by atoms with Gasteiger partial charge in [-0.15, -0.1) is 0 Å². The van der Waals surface area contributed by atoms with E-state index in [-0.39, 0.29) is 4.90 Å². The standard InChI is InChI=1S/C14H21ClO4S/c1-5-18-7-6-8-19-14-10(2)9-13(20(15,16)17)11(3)12(14)4/h9H,5-8H2,1-4H3. The molecule has 0 aliphatic carbocycles. The number of hydrogen-bond donors (Lipinski definition) is 0. The summed E-state index contributed by atoms with van der Waals surface area (Å²) in [6.07, 6.45) is 0.793. The monoisotopic (exact) mass is 320 g/mol. The highest BCUT2D eigenvalue weighted by molar-refractivity contribution is 8.13. The average molecular weight is 321 g/mol. The molecule has 0 atom stereocenters. The van der Waals surface area contributed by atoms with Crippen LogP contribution in [0, 0.1) is 20.8 Å². The van der Waals surface area contributed by atoms with E-state index in [1.54, 1.807) is 13.0 Å². The minimum absolute atomic E-state index is 0.149. The predicted octanol–water partition coefficient (Wildman–Crippen LogP) is 3.34. The Morgan fingerprint density at radius 1 is 1.15 bits per heavy atom. The van der Waals surface area contributed by atoms with Crippen molar-refractivity contribution in [2.45, 2.75) is 39.0 Å². The molecule has 0 saturated carbocycles. The van der Waals surface area contributed by atoms with Gasteiger partial charge in [-0.3, -0.25) is 0 Å². The number of hydrogen-bond acceptors (Lipinski definition) is 4. The van der Waals surface area contributed by atoms with E-state index in [9.17, 15) is 8.42 Å². The Morgan fingerprint density at radius 2 is 1.80 bits per heavy atom. The van der Waals surface area contributed by atoms with Gasteiger partial charge in [0.25, 0.3) is 9.05 Å². The van der Waals surface area contributed by atoms with E-state index in [0.717, 1.165) is 23.3 Å². The zero-order valence-corrected chi connectivity index (χ0v) is 13.9. The summed E-state index contributed by atoms with van der Waals surface area (Å²) in [4.78, 5) is 0.149. The second-order valence-corrected chi connectivity index (χ2v) is 7.14. The number of ether oxygens (including phenoxy) is 2. The van der Waals surface area contributed by atoms with Gasteiger partial charge in [-0.25, -0.2) is 8.42 Å². The maximum absolute atomic E-state index is 11.5. The van der Waals surface area contributed by atoms with Crippen LogP contribution in [0.1, 0.15) is 30.0 Å². The largest absolute Gasteiger partial charge is 0.493 e. The molecule has 0 fully saturated rings. The first-order valence-corrected chi connectivity index (χ1v) is 8.86. The van der Waals surface area contributed by atoms with Gasteiger partial charge in [-0.1, -0.05) is 0 Å². The van der Waals surface area contributed by atoms with Crippen molar-refractivity contribution in [2.24, 2.45) is 0 Å². The second-order valence-electron chi connectivity index (χ2n) is 4.61. The Morgan fingerprint density at radius 3 is 2.35 bits per heavy atom. The van der Waals surface area contributed by atoms with E-state index in [1.165, 1.54) is 0 Å². The van der Waals surface area contributed by atoms with Crippen LogP contribution < -0.4 is 4.74 Å². The summed E-state index contributed by atoms with van der Waals surface area (Å²) >= 11 is 0. The number of benzene rings is 1. The summed E-state index contributed by atoms with van der Waals surface area (Å²) in [5.41, 5.74) is 2.20. The van der Waals surface area contributed by atoms with Gasteiger partial charge >= 0.3 is 0 Å². The smallest absolute Gasteiger partial charge is 0.261 e. The normalized spacial score (nSPS) is 11.7. The van der Waals surface area contributed by atoms with Crippen molar-refractivity contribution in [3.05, 3.63) is 22.8 Å². The van der Waals surface area contributed by atoms with Crippen LogP contribution in [0.2, 0.25) is 0 Å². The summed E-state index contributed by atoms with van der Waals surface area (Å²) in [6, 6.07) is 1.56. The Hall–Kier alpha value is -0.780. The molecule has 0 amide bonds. The molecule has 6 heteroatoms. The molecule has 0 saturated heterocycles. The third-order valence-corrected chi connectivity index (χ3v) is 4.57. The van der Waals surface area contributed by atoms with E-state index in [2.05, 4.69) is 0 Å². The first-order chi connectivity index (χ1) is 9.29. The van der Waals surface area contributed by atoms with Crippen LogP contribution in [-0.4, -0.2) is 28.2 Å². The van der Waals surface area contributed by atoms with E-state index < -0.39 is 9.05 Å². The summed E-state index contributed by atoms with van der Waals surface area (Å²) in [5.74, 6) is 0.725. The van der Waals surface area contributed by atoms with Crippen molar-refractivity contribution in [3.8, 4) is 5.75 Å². The maximum Gasteiger partial charge on any atom is 0.261 e. The van der Waals surface area contributed by atoms with Gasteiger partial charge in [-0.2, -0.15) is 0 Å². The number of rotatable bonds is 7. The third-order valence-electron chi connectivity index (χ3n) is 3.12. The summed E-state index contributed by atoms with van der Waals surface area (Å²) in [7, 11) is 1.71. The first kappa shape index (κ1) is 17.3.